The molecule has 0 fully saturated rings. The van der Waals surface area contributed by atoms with E-state index in [1.54, 1.807) is 22.7 Å². The SMILES string of the molecule is c1ccc(N(c2ccc(-c3nc4ccccc4s3)cc2)c2cccc(-c3ccc4cc(N(c5ccccc5)c5ccc(-c6nc7ccccc7s6)cc5)ccc4c3)c2)cc1. The summed E-state index contributed by atoms with van der Waals surface area (Å²) in [7, 11) is 0. The van der Waals surface area contributed by atoms with Crippen LogP contribution in [0, 0.1) is 0 Å². The molecule has 0 radical (unpaired) electrons. The minimum absolute atomic E-state index is 1.03. The van der Waals surface area contributed by atoms with E-state index in [2.05, 4.69) is 216 Å². The van der Waals surface area contributed by atoms with Gasteiger partial charge in [-0.25, -0.2) is 9.97 Å². The molecule has 0 saturated heterocycles. The maximum atomic E-state index is 4.90. The van der Waals surface area contributed by atoms with Crippen LogP contribution in [0.2, 0.25) is 0 Å². The largest absolute Gasteiger partial charge is 0.310 e. The number of aromatic nitrogens is 2. The van der Waals surface area contributed by atoms with E-state index in [-0.39, 0.29) is 0 Å². The molecular weight excluding hydrogens is 769 g/mol. The number of anilines is 6. The Balaban J connectivity index is 0.908. The molecule has 0 bridgehead atoms. The Kier molecular flexibility index (Phi) is 9.19. The number of hydrogen-bond acceptors (Lipinski definition) is 6. The lowest BCUT2D eigenvalue weighted by Gasteiger charge is -2.26. The molecule has 0 saturated carbocycles. The van der Waals surface area contributed by atoms with Crippen molar-refractivity contribution in [3.8, 4) is 32.3 Å². The Morgan fingerprint density at radius 2 is 0.683 bits per heavy atom. The molecule has 0 atom stereocenters. The second kappa shape index (κ2) is 15.4. The second-order valence-corrected chi connectivity index (χ2v) is 16.8. The average molecular weight is 805 g/mol. The van der Waals surface area contributed by atoms with Crippen LogP contribution in [0.3, 0.4) is 0 Å². The number of benzene rings is 9. The Morgan fingerprint density at radius 3 is 1.23 bits per heavy atom. The summed E-state index contributed by atoms with van der Waals surface area (Å²) < 4.78 is 2.40. The van der Waals surface area contributed by atoms with Gasteiger partial charge in [-0.2, -0.15) is 0 Å². The molecule has 9 aromatic carbocycles. The lowest BCUT2D eigenvalue weighted by molar-refractivity contribution is 1.28. The third kappa shape index (κ3) is 6.88. The van der Waals surface area contributed by atoms with Gasteiger partial charge in [-0.1, -0.05) is 91.0 Å². The first-order chi connectivity index (χ1) is 29.7. The van der Waals surface area contributed by atoms with E-state index in [0.717, 1.165) is 71.9 Å². The van der Waals surface area contributed by atoms with E-state index >= 15 is 0 Å². The second-order valence-electron chi connectivity index (χ2n) is 14.7. The van der Waals surface area contributed by atoms with Crippen molar-refractivity contribution in [2.75, 3.05) is 9.80 Å². The van der Waals surface area contributed by atoms with Gasteiger partial charge in [0.15, 0.2) is 0 Å². The highest BCUT2D eigenvalue weighted by atomic mass is 32.1. The van der Waals surface area contributed by atoms with Gasteiger partial charge in [0.2, 0.25) is 0 Å². The van der Waals surface area contributed by atoms with Crippen molar-refractivity contribution in [2.24, 2.45) is 0 Å². The van der Waals surface area contributed by atoms with Crippen LogP contribution in [0.1, 0.15) is 0 Å². The van der Waals surface area contributed by atoms with E-state index in [4.69, 9.17) is 9.97 Å². The summed E-state index contributed by atoms with van der Waals surface area (Å²) in [6, 6.07) is 77.7. The van der Waals surface area contributed by atoms with Gasteiger partial charge in [-0.15, -0.1) is 22.7 Å². The van der Waals surface area contributed by atoms with Crippen LogP contribution in [-0.2, 0) is 0 Å². The monoisotopic (exact) mass is 804 g/mol. The van der Waals surface area contributed by atoms with Gasteiger partial charge in [0.05, 0.1) is 20.4 Å². The minimum atomic E-state index is 1.03. The standard InChI is InChI=1S/C54H36N4S2/c1-3-13-43(14-4-1)57(45-29-24-37(25-30-45)53-55-49-18-7-9-20-51(49)59-53)47-17-11-12-39(35-47)40-22-23-42-36-48(33-28-41(42)34-40)58(44-15-5-2-6-16-44)46-31-26-38(27-32-46)54-56-50-19-8-10-21-52(50)60-54/h1-36H. The first-order valence-electron chi connectivity index (χ1n) is 20.0. The van der Waals surface area contributed by atoms with Crippen molar-refractivity contribution >= 4 is 88.0 Å². The smallest absolute Gasteiger partial charge is 0.124 e. The van der Waals surface area contributed by atoms with Gasteiger partial charge in [0, 0.05) is 45.3 Å². The topological polar surface area (TPSA) is 32.3 Å². The third-order valence-electron chi connectivity index (χ3n) is 10.9. The normalized spacial score (nSPS) is 11.3. The van der Waals surface area contributed by atoms with Gasteiger partial charge < -0.3 is 9.80 Å². The van der Waals surface area contributed by atoms with E-state index in [1.165, 1.54) is 25.7 Å². The molecule has 11 rings (SSSR count). The first kappa shape index (κ1) is 35.8. The molecule has 0 spiro atoms. The summed E-state index contributed by atoms with van der Waals surface area (Å²) in [5, 5.41) is 4.43. The Labute approximate surface area is 356 Å². The molecule has 60 heavy (non-hydrogen) atoms. The van der Waals surface area contributed by atoms with Crippen LogP contribution in [0.15, 0.2) is 218 Å². The number of nitrogens with zero attached hydrogens (tertiary/aromatic N) is 4. The Morgan fingerprint density at radius 1 is 0.283 bits per heavy atom. The zero-order valence-corrected chi connectivity index (χ0v) is 34.0. The summed E-state index contributed by atoms with van der Waals surface area (Å²) in [5.41, 5.74) is 13.2. The van der Waals surface area contributed by atoms with Crippen molar-refractivity contribution in [2.45, 2.75) is 0 Å². The number of fused-ring (bicyclic) bond motifs is 3. The summed E-state index contributed by atoms with van der Waals surface area (Å²) in [4.78, 5) is 14.4. The van der Waals surface area contributed by atoms with Gasteiger partial charge in [-0.3, -0.25) is 0 Å². The van der Waals surface area contributed by atoms with Crippen LogP contribution in [0.4, 0.5) is 34.1 Å². The van der Waals surface area contributed by atoms with Gasteiger partial charge in [-0.05, 0) is 149 Å². The lowest BCUT2D eigenvalue weighted by Crippen LogP contribution is -2.09. The Bertz CT molecular complexity index is 3200. The summed E-state index contributed by atoms with van der Waals surface area (Å²) in [6.45, 7) is 0. The molecule has 6 heteroatoms. The molecule has 11 aromatic rings. The molecule has 284 valence electrons. The third-order valence-corrected chi connectivity index (χ3v) is 13.1. The molecule has 0 amide bonds. The summed E-state index contributed by atoms with van der Waals surface area (Å²) in [5.74, 6) is 0. The number of para-hydroxylation sites is 4. The lowest BCUT2D eigenvalue weighted by atomic mass is 9.99. The molecule has 0 aliphatic heterocycles. The van der Waals surface area contributed by atoms with Crippen molar-refractivity contribution < 1.29 is 0 Å². The minimum Gasteiger partial charge on any atom is -0.310 e. The molecule has 0 unspecified atom stereocenters. The zero-order chi connectivity index (χ0) is 39.8. The van der Waals surface area contributed by atoms with Crippen molar-refractivity contribution in [1.82, 2.24) is 9.97 Å². The van der Waals surface area contributed by atoms with E-state index in [9.17, 15) is 0 Å². The fraction of sp³-hybridized carbons (Fsp3) is 0. The average Bonchev–Trinajstić information content (AvgIpc) is 3.96. The number of rotatable bonds is 9. The number of thiazole rings is 2. The molecule has 2 heterocycles. The van der Waals surface area contributed by atoms with Crippen molar-refractivity contribution in [1.29, 1.82) is 0 Å². The van der Waals surface area contributed by atoms with Gasteiger partial charge in [0.25, 0.3) is 0 Å². The van der Waals surface area contributed by atoms with Crippen LogP contribution < -0.4 is 9.80 Å². The maximum Gasteiger partial charge on any atom is 0.124 e. The van der Waals surface area contributed by atoms with E-state index in [1.807, 2.05) is 12.1 Å². The van der Waals surface area contributed by atoms with Gasteiger partial charge >= 0.3 is 0 Å². The quantitative estimate of drug-likeness (QED) is 0.145. The Hall–Kier alpha value is -7.38. The molecule has 0 aliphatic rings. The first-order valence-corrected chi connectivity index (χ1v) is 21.6. The molecule has 2 aromatic heterocycles. The number of hydrogen-bond donors (Lipinski definition) is 0. The molecule has 0 aliphatic carbocycles. The fourth-order valence-electron chi connectivity index (χ4n) is 7.92. The van der Waals surface area contributed by atoms with Crippen LogP contribution in [0.5, 0.6) is 0 Å². The summed E-state index contributed by atoms with van der Waals surface area (Å²) in [6.07, 6.45) is 0. The fourth-order valence-corrected chi connectivity index (χ4v) is 9.86. The highest BCUT2D eigenvalue weighted by Crippen LogP contribution is 2.41. The molecular formula is C54H36N4S2. The van der Waals surface area contributed by atoms with Gasteiger partial charge in [0.1, 0.15) is 10.0 Å². The summed E-state index contributed by atoms with van der Waals surface area (Å²) >= 11 is 3.46. The van der Waals surface area contributed by atoms with Crippen LogP contribution >= 0.6 is 22.7 Å². The van der Waals surface area contributed by atoms with E-state index < -0.39 is 0 Å². The van der Waals surface area contributed by atoms with Crippen LogP contribution in [0.25, 0.3) is 63.5 Å². The predicted molar refractivity (Wildman–Crippen MR) is 256 cm³/mol. The van der Waals surface area contributed by atoms with Crippen molar-refractivity contribution in [3.63, 3.8) is 0 Å². The highest BCUT2D eigenvalue weighted by molar-refractivity contribution is 7.22. The zero-order valence-electron chi connectivity index (χ0n) is 32.4. The van der Waals surface area contributed by atoms with E-state index in [0.29, 0.717) is 0 Å². The highest BCUT2D eigenvalue weighted by Gasteiger charge is 2.17. The van der Waals surface area contributed by atoms with Crippen molar-refractivity contribution in [3.05, 3.63) is 218 Å². The van der Waals surface area contributed by atoms with Crippen LogP contribution in [-0.4, -0.2) is 9.97 Å². The maximum absolute atomic E-state index is 4.90. The molecule has 0 N–H and O–H groups in total. The molecule has 4 nitrogen and oxygen atoms in total. The predicted octanol–water partition coefficient (Wildman–Crippen LogP) is 16.0.